The largest absolute Gasteiger partial charge is 0.394 e. The maximum Gasteiger partial charge on any atom is 0.217 e. The van der Waals surface area contributed by atoms with Crippen molar-refractivity contribution in [2.75, 3.05) is 59.5 Å². The molecule has 0 spiro atoms. The van der Waals surface area contributed by atoms with Gasteiger partial charge in [0.2, 0.25) is 23.6 Å². The van der Waals surface area contributed by atoms with Crippen LogP contribution < -0.4 is 21.3 Å². The smallest absolute Gasteiger partial charge is 0.217 e. The highest BCUT2D eigenvalue weighted by Crippen LogP contribution is 2.41. The summed E-state index contributed by atoms with van der Waals surface area (Å²) in [6.45, 7) is -5.23. The molecule has 10 rings (SSSR count). The van der Waals surface area contributed by atoms with E-state index in [4.69, 9.17) is 90.0 Å². The van der Waals surface area contributed by atoms with E-state index < -0.39 is 390 Å². The zero-order valence-corrected chi connectivity index (χ0v) is 65.7. The van der Waals surface area contributed by atoms with Gasteiger partial charge < -0.3 is 249 Å². The molecule has 0 saturated carbocycles. The van der Waals surface area contributed by atoms with Crippen molar-refractivity contribution in [2.45, 2.75) is 341 Å². The average Bonchev–Trinajstić information content (AvgIpc) is 0.771. The van der Waals surface area contributed by atoms with Crippen molar-refractivity contribution in [3.8, 4) is 0 Å². The lowest BCUT2D eigenvalue weighted by molar-refractivity contribution is -0.400. The Morgan fingerprint density at radius 1 is 0.230 bits per heavy atom. The number of rotatable bonds is 31. The fourth-order valence-corrected chi connectivity index (χ4v) is 15.9. The molecule has 0 aromatic rings. The number of carbonyl (C=O) groups excluding carboxylic acids is 4. The van der Waals surface area contributed by atoms with Crippen LogP contribution in [0.15, 0.2) is 0 Å². The van der Waals surface area contributed by atoms with E-state index in [-0.39, 0.29) is 0 Å². The molecule has 4 amide bonds. The van der Waals surface area contributed by atoms with Crippen molar-refractivity contribution in [2.24, 2.45) is 0 Å². The Morgan fingerprint density at radius 2 is 0.508 bits per heavy atom. The molecule has 0 bridgehead atoms. The highest BCUT2D eigenvalue weighted by atomic mass is 16.8. The van der Waals surface area contributed by atoms with Gasteiger partial charge in [-0.15, -0.1) is 0 Å². The lowest BCUT2D eigenvalue weighted by atomic mass is 9.93. The molecular weight excluding hydrogens is 1670 g/mol. The molecular formula is C68H114N4O50. The topological polar surface area (TPSA) is 838 Å². The van der Waals surface area contributed by atoms with Gasteiger partial charge in [-0.2, -0.15) is 0 Å². The summed E-state index contributed by atoms with van der Waals surface area (Å²) < 4.78 is 114. The molecule has 706 valence electrons. The van der Waals surface area contributed by atoms with Crippen LogP contribution in [0.4, 0.5) is 0 Å². The second-order valence-corrected chi connectivity index (χ2v) is 31.0. The number of hydrogen-bond acceptors (Lipinski definition) is 50. The third-order valence-corrected chi connectivity index (χ3v) is 22.4. The lowest BCUT2D eigenvalue weighted by Crippen LogP contribution is -2.71. The first-order chi connectivity index (χ1) is 57.7. The summed E-state index contributed by atoms with van der Waals surface area (Å²) in [5.74, 6) is -3.75. The number of hydrogen-bond donors (Lipinski definition) is 31. The minimum absolute atomic E-state index is 0.802. The van der Waals surface area contributed by atoms with Gasteiger partial charge in [-0.05, 0) is 6.92 Å². The summed E-state index contributed by atoms with van der Waals surface area (Å²) >= 11 is 0. The van der Waals surface area contributed by atoms with Crippen molar-refractivity contribution in [1.82, 2.24) is 21.3 Å². The molecule has 54 nitrogen and oxygen atoms in total. The first-order valence-electron chi connectivity index (χ1n) is 39.0. The quantitative estimate of drug-likeness (QED) is 0.0306. The summed E-state index contributed by atoms with van der Waals surface area (Å²) in [5.41, 5.74) is 0. The minimum atomic E-state index is -2.62. The molecule has 31 N–H and O–H groups in total. The number of carbonyl (C=O) groups is 4. The summed E-state index contributed by atoms with van der Waals surface area (Å²) in [7, 11) is 0. The second kappa shape index (κ2) is 43.6. The van der Waals surface area contributed by atoms with Crippen molar-refractivity contribution in [3.05, 3.63) is 0 Å². The summed E-state index contributed by atoms with van der Waals surface area (Å²) in [6, 6.07) is -7.63. The van der Waals surface area contributed by atoms with E-state index in [1.807, 2.05) is 0 Å². The molecule has 50 atom stereocenters. The Labute approximate surface area is 691 Å². The number of ether oxygens (including phenoxy) is 19. The second-order valence-electron chi connectivity index (χ2n) is 31.0. The van der Waals surface area contributed by atoms with Crippen molar-refractivity contribution >= 4 is 23.6 Å². The normalized spacial score (nSPS) is 49.7. The fraction of sp³-hybridized carbons (Fsp3) is 0.941. The van der Waals surface area contributed by atoms with E-state index in [2.05, 4.69) is 21.3 Å². The lowest BCUT2D eigenvalue weighted by Gasteiger charge is -2.51. The zero-order valence-electron chi connectivity index (χ0n) is 65.7. The van der Waals surface area contributed by atoms with E-state index in [0.29, 0.717) is 0 Å². The first-order valence-corrected chi connectivity index (χ1v) is 39.0. The molecule has 10 saturated heterocycles. The van der Waals surface area contributed by atoms with Crippen LogP contribution in [0.3, 0.4) is 0 Å². The third-order valence-electron chi connectivity index (χ3n) is 22.4. The Morgan fingerprint density at radius 3 is 0.934 bits per heavy atom. The van der Waals surface area contributed by atoms with Gasteiger partial charge >= 0.3 is 0 Å². The van der Waals surface area contributed by atoms with Gasteiger partial charge in [-0.3, -0.25) is 19.2 Å². The Hall–Kier alpha value is -3.96. The first kappa shape index (κ1) is 100. The van der Waals surface area contributed by atoms with Crippen molar-refractivity contribution in [3.63, 3.8) is 0 Å². The molecule has 10 aliphatic heterocycles. The molecule has 54 heteroatoms. The number of nitrogens with one attached hydrogen (secondary N) is 4. The predicted octanol–water partition coefficient (Wildman–Crippen LogP) is -21.2. The highest BCUT2D eigenvalue weighted by molar-refractivity contribution is 5.74. The highest BCUT2D eigenvalue weighted by Gasteiger charge is 2.62. The van der Waals surface area contributed by atoms with E-state index in [9.17, 15) is 157 Å². The predicted molar refractivity (Wildman–Crippen MR) is 375 cm³/mol. The van der Waals surface area contributed by atoms with Crippen LogP contribution in [0.1, 0.15) is 34.6 Å². The monoisotopic (exact) mass is 1790 g/mol. The molecule has 0 aliphatic carbocycles. The van der Waals surface area contributed by atoms with Gasteiger partial charge in [0.25, 0.3) is 0 Å². The van der Waals surface area contributed by atoms with Crippen LogP contribution >= 0.6 is 0 Å². The van der Waals surface area contributed by atoms with Gasteiger partial charge in [0.05, 0.1) is 65.6 Å². The molecule has 0 aromatic heterocycles. The molecule has 10 heterocycles. The Bertz CT molecular complexity index is 3290. The van der Waals surface area contributed by atoms with E-state index in [1.165, 1.54) is 6.92 Å². The zero-order chi connectivity index (χ0) is 89.8. The minimum Gasteiger partial charge on any atom is -0.394 e. The van der Waals surface area contributed by atoms with Crippen LogP contribution in [0.2, 0.25) is 0 Å². The van der Waals surface area contributed by atoms with Gasteiger partial charge in [0.1, 0.15) is 238 Å². The van der Waals surface area contributed by atoms with E-state index in [1.54, 1.807) is 0 Å². The van der Waals surface area contributed by atoms with Gasteiger partial charge in [0.15, 0.2) is 62.9 Å². The molecule has 0 radical (unpaired) electrons. The maximum atomic E-state index is 13.5. The number of aliphatic hydroxyl groups excluding tert-OH is 27. The van der Waals surface area contributed by atoms with Crippen molar-refractivity contribution in [1.29, 1.82) is 0 Å². The van der Waals surface area contributed by atoms with Crippen LogP contribution in [-0.4, -0.2) is 528 Å². The van der Waals surface area contributed by atoms with Gasteiger partial charge in [-0.1, -0.05) is 0 Å². The van der Waals surface area contributed by atoms with E-state index >= 15 is 0 Å². The van der Waals surface area contributed by atoms with Crippen LogP contribution in [0, 0.1) is 0 Å². The summed E-state index contributed by atoms with van der Waals surface area (Å²) in [6.07, 6.45) is -96.8. The van der Waals surface area contributed by atoms with Gasteiger partial charge in [0, 0.05) is 27.7 Å². The average molecular weight is 1790 g/mol. The van der Waals surface area contributed by atoms with E-state index in [0.717, 1.165) is 27.7 Å². The van der Waals surface area contributed by atoms with Crippen LogP contribution in [-0.2, 0) is 109 Å². The summed E-state index contributed by atoms with van der Waals surface area (Å²) in [5, 5.41) is 311. The summed E-state index contributed by atoms with van der Waals surface area (Å²) in [4.78, 5) is 51.8. The van der Waals surface area contributed by atoms with Crippen LogP contribution in [0.5, 0.6) is 0 Å². The Balaban J connectivity index is 1.01. The Kier molecular flexibility index (Phi) is 35.8. The number of aliphatic hydroxyl groups is 27. The standard InChI is InChI=1S/C68H114N4O50/c1-15-33(85)42(94)47(99)63(105-15)119-55-32(72-19(5)84)62(113-27(13-80)54(55)118-65-49(101)44(96)35(87)21(7-74)108-65)121-57-45(97)36(88)22(8-75)109-67(57)104-14-28-38(90)56(50(102)66(114-28)117-53-26(12-79)111-60(30(40(53)92)70-17(3)82)115-51-24(10-77)106-59(103)29(39(51)91)69-16(2)81)120-68-58(46(98)37(89)23(9-76)110-68)122-61-31(71-18(4)83)41(93)52(25(11-78)112-61)116-64-48(100)43(95)34(86)20(6-73)107-64/h15,20-68,73-80,85-103H,6-14H2,1-5H3,(H,69,81)(H,70,82)(H,71,83)(H,72,84)/t15?,20?,21?,22?,23?,24?,25?,26?,27?,28?,29?,30?,31?,32?,33-,34+,35+,36-,37+,38-,39-,40-,41-,42+,43+,44+,45+,46?,47?,48?,49?,50?,51-,52-,53-,54-,55-,56+,57?,58+,59-,60+,61+,62+,63+,64+,65+,66+,67+,68+/m1/s1. The van der Waals surface area contributed by atoms with Crippen LogP contribution in [0.25, 0.3) is 0 Å². The number of amides is 4. The SMILES string of the molecule is CC(=O)NC1[C@H](O[C@H]2C(O)[C@@H](O)C(CO)O[C@H]2O[C@@H]2C(O)[C@H](O[C@@H]3C(CO)O[C@@H](O[C@@H]4C(CO)O[C@@H](O)C(NC(C)=O)[C@H]4O)C(NC(C)=O)[C@H]3O)OC(CO[C@H]3OC(CO)[C@@H](O)[C@H](O)C3O[C@@H]3OC(CO)[C@@H](O[C@@H]4OC(CO)[C@H](O)[C@H](O)C4O)[C@H](O[C@@H]4OC(C)[C@@H](O)[C@H](O)C4O)C3NC(C)=O)[C@H]2O)OC(CO)[C@@H](O[C@@H]2OC(CO)[C@H](O)[C@H](O)C2O)[C@@H]1O. The molecule has 20 unspecified atom stereocenters. The molecule has 10 aliphatic rings. The molecule has 122 heavy (non-hydrogen) atoms. The van der Waals surface area contributed by atoms with Gasteiger partial charge in [-0.25, -0.2) is 0 Å². The fourth-order valence-electron chi connectivity index (χ4n) is 15.9. The maximum absolute atomic E-state index is 13.5. The molecule has 0 aromatic carbocycles. The van der Waals surface area contributed by atoms with Crippen molar-refractivity contribution < 1.29 is 247 Å². The molecule has 10 fully saturated rings. The third kappa shape index (κ3) is 21.9.